The van der Waals surface area contributed by atoms with E-state index in [4.69, 9.17) is 0 Å². The summed E-state index contributed by atoms with van der Waals surface area (Å²) in [5.41, 5.74) is 0. The number of halogens is 9. The molecule has 98 valence electrons. The predicted octanol–water partition coefficient (Wildman–Crippen LogP) is 3.06. The zero-order valence-corrected chi connectivity index (χ0v) is 8.58. The Morgan fingerprint density at radius 2 is 1.44 bits per heavy atom. The van der Waals surface area contributed by atoms with Crippen LogP contribution < -0.4 is 0 Å². The van der Waals surface area contributed by atoms with Crippen LogP contribution in [0.4, 0.5) is 35.1 Å². The van der Waals surface area contributed by atoms with Crippen molar-refractivity contribution in [2.45, 2.75) is 24.2 Å². The second-order valence-electron chi connectivity index (χ2n) is 2.64. The van der Waals surface area contributed by atoms with Crippen molar-refractivity contribution in [1.82, 2.24) is 0 Å². The average molecular weight is 299 g/mol. The van der Waals surface area contributed by atoms with E-state index < -0.39 is 40.0 Å². The molecule has 0 aromatic heterocycles. The second kappa shape index (κ2) is 4.63. The summed E-state index contributed by atoms with van der Waals surface area (Å²) >= 11 is 0. The molecule has 0 aliphatic rings. The van der Waals surface area contributed by atoms with Crippen LogP contribution >= 0.6 is 10.7 Å². The van der Waals surface area contributed by atoms with Crippen LogP contribution in [0.3, 0.4) is 0 Å². The lowest BCUT2D eigenvalue weighted by Crippen LogP contribution is -2.59. The highest BCUT2D eigenvalue weighted by molar-refractivity contribution is 8.08. The Labute approximate surface area is 90.7 Å². The molecule has 11 heteroatoms. The van der Waals surface area contributed by atoms with Gasteiger partial charge in [-0.2, -0.15) is 26.3 Å². The molecule has 0 rings (SSSR count). The largest absolute Gasteiger partial charge is 0.378 e. The van der Waals surface area contributed by atoms with Crippen molar-refractivity contribution >= 4 is 20.7 Å². The van der Waals surface area contributed by atoms with Gasteiger partial charge in [0.1, 0.15) is 15.8 Å². The fourth-order valence-corrected chi connectivity index (χ4v) is 1.49. The second-order valence-corrected chi connectivity index (χ2v) is 4.54. The zero-order chi connectivity index (χ0) is 13.4. The quantitative estimate of drug-likeness (QED) is 0.563. The highest BCUT2D eigenvalue weighted by Gasteiger charge is 2.75. The molecule has 0 aromatic rings. The standard InChI is InChI=1S/C5H3ClF8OS/c6-16(15)1-3(9,10)5(13,14)4(11,12)2(7)8/h2H,1H2. The Balaban J connectivity index is 5.25. The molecule has 0 saturated carbocycles. The minimum absolute atomic E-state index is 2.36. The van der Waals surface area contributed by atoms with Gasteiger partial charge in [0.05, 0.1) is 0 Å². The maximum atomic E-state index is 12.5. The zero-order valence-electron chi connectivity index (χ0n) is 7.00. The molecule has 16 heavy (non-hydrogen) atoms. The Hall–Kier alpha value is -0.120. The summed E-state index contributed by atoms with van der Waals surface area (Å²) in [4.78, 5) is 0. The molecule has 0 heterocycles. The lowest BCUT2D eigenvalue weighted by Gasteiger charge is -2.31. The molecule has 0 spiro atoms. The molecule has 0 aliphatic heterocycles. The smallest absolute Gasteiger partial charge is 0.242 e. The molecular weight excluding hydrogens is 296 g/mol. The lowest BCUT2D eigenvalue weighted by atomic mass is 10.1. The number of alkyl halides is 8. The van der Waals surface area contributed by atoms with Crippen LogP contribution in [-0.2, 0) is 10.0 Å². The van der Waals surface area contributed by atoms with Crippen LogP contribution in [0.1, 0.15) is 0 Å². The molecule has 0 aliphatic carbocycles. The summed E-state index contributed by atoms with van der Waals surface area (Å²) in [6, 6.07) is 0. The first-order chi connectivity index (χ1) is 6.86. The first-order valence-corrected chi connectivity index (χ1v) is 5.47. The van der Waals surface area contributed by atoms with Gasteiger partial charge in [-0.05, 0) is 10.7 Å². The van der Waals surface area contributed by atoms with Crippen molar-refractivity contribution in [2.75, 3.05) is 5.75 Å². The summed E-state index contributed by atoms with van der Waals surface area (Å²) in [5.74, 6) is -20.6. The van der Waals surface area contributed by atoms with Gasteiger partial charge in [-0.1, -0.05) is 0 Å². The van der Waals surface area contributed by atoms with Gasteiger partial charge in [-0.15, -0.1) is 0 Å². The van der Waals surface area contributed by atoms with E-state index in [1.54, 1.807) is 0 Å². The molecular formula is C5H3ClF8OS. The van der Waals surface area contributed by atoms with E-state index in [1.165, 1.54) is 0 Å². The van der Waals surface area contributed by atoms with Crippen LogP contribution in [-0.4, -0.2) is 34.2 Å². The van der Waals surface area contributed by atoms with Crippen molar-refractivity contribution in [3.05, 3.63) is 0 Å². The van der Waals surface area contributed by atoms with Gasteiger partial charge in [0, 0.05) is 0 Å². The van der Waals surface area contributed by atoms with E-state index in [0.29, 0.717) is 0 Å². The molecule has 0 saturated heterocycles. The maximum Gasteiger partial charge on any atom is 0.378 e. The van der Waals surface area contributed by atoms with E-state index in [-0.39, 0.29) is 0 Å². The fraction of sp³-hybridized carbons (Fsp3) is 1.00. The third-order valence-electron chi connectivity index (χ3n) is 1.45. The summed E-state index contributed by atoms with van der Waals surface area (Å²) < 4.78 is 107. The average Bonchev–Trinajstić information content (AvgIpc) is 2.00. The SMILES string of the molecule is O=S(Cl)CC(F)(F)C(F)(F)C(F)(F)C(F)F. The van der Waals surface area contributed by atoms with Crippen molar-refractivity contribution in [2.24, 2.45) is 0 Å². The van der Waals surface area contributed by atoms with E-state index in [9.17, 15) is 39.3 Å². The summed E-state index contributed by atoms with van der Waals surface area (Å²) in [6.07, 6.45) is -4.99. The van der Waals surface area contributed by atoms with Crippen molar-refractivity contribution in [3.63, 3.8) is 0 Å². The molecule has 0 bridgehead atoms. The third-order valence-corrected chi connectivity index (χ3v) is 2.36. The first kappa shape index (κ1) is 15.9. The molecule has 0 aromatic carbocycles. The Morgan fingerprint density at radius 1 is 1.06 bits per heavy atom. The van der Waals surface area contributed by atoms with Gasteiger partial charge in [0.2, 0.25) is 0 Å². The molecule has 0 fully saturated rings. The minimum Gasteiger partial charge on any atom is -0.242 e. The molecule has 1 atom stereocenters. The van der Waals surface area contributed by atoms with Gasteiger partial charge in [-0.3, -0.25) is 0 Å². The van der Waals surface area contributed by atoms with Gasteiger partial charge >= 0.3 is 24.2 Å². The van der Waals surface area contributed by atoms with Gasteiger partial charge < -0.3 is 0 Å². The van der Waals surface area contributed by atoms with Crippen molar-refractivity contribution in [3.8, 4) is 0 Å². The van der Waals surface area contributed by atoms with Gasteiger partial charge in [0.25, 0.3) is 0 Å². The summed E-state index contributed by atoms with van der Waals surface area (Å²) in [6.45, 7) is 0. The molecule has 0 radical (unpaired) electrons. The highest BCUT2D eigenvalue weighted by Crippen LogP contribution is 2.48. The van der Waals surface area contributed by atoms with Gasteiger partial charge in [-0.25, -0.2) is 13.0 Å². The minimum atomic E-state index is -6.35. The third kappa shape index (κ3) is 2.76. The molecule has 0 amide bonds. The molecule has 0 N–H and O–H groups in total. The van der Waals surface area contributed by atoms with Crippen LogP contribution in [0.2, 0.25) is 0 Å². The first-order valence-electron chi connectivity index (χ1n) is 3.32. The molecule has 1 unspecified atom stereocenters. The van der Waals surface area contributed by atoms with Crippen molar-refractivity contribution < 1.29 is 39.3 Å². The lowest BCUT2D eigenvalue weighted by molar-refractivity contribution is -0.331. The maximum absolute atomic E-state index is 12.5. The van der Waals surface area contributed by atoms with E-state index in [2.05, 4.69) is 10.7 Å². The monoisotopic (exact) mass is 298 g/mol. The fourth-order valence-electron chi connectivity index (χ4n) is 0.614. The number of hydrogen-bond donors (Lipinski definition) is 0. The van der Waals surface area contributed by atoms with Crippen LogP contribution in [0.25, 0.3) is 0 Å². The van der Waals surface area contributed by atoms with Gasteiger partial charge in [0.15, 0.2) is 0 Å². The Kier molecular flexibility index (Phi) is 4.60. The Morgan fingerprint density at radius 3 is 1.69 bits per heavy atom. The molecule has 1 nitrogen and oxygen atoms in total. The number of hydrogen-bond acceptors (Lipinski definition) is 1. The predicted molar refractivity (Wildman–Crippen MR) is 39.7 cm³/mol. The van der Waals surface area contributed by atoms with Crippen molar-refractivity contribution in [1.29, 1.82) is 0 Å². The van der Waals surface area contributed by atoms with E-state index in [1.807, 2.05) is 0 Å². The highest BCUT2D eigenvalue weighted by atomic mass is 35.7. The van der Waals surface area contributed by atoms with E-state index in [0.717, 1.165) is 0 Å². The topological polar surface area (TPSA) is 17.1 Å². The summed E-state index contributed by atoms with van der Waals surface area (Å²) in [7, 11) is 1.36. The van der Waals surface area contributed by atoms with Crippen LogP contribution in [0.15, 0.2) is 0 Å². The Bertz CT molecular complexity index is 280. The number of rotatable bonds is 5. The van der Waals surface area contributed by atoms with Crippen LogP contribution in [0.5, 0.6) is 0 Å². The van der Waals surface area contributed by atoms with E-state index >= 15 is 0 Å². The normalized spacial score (nSPS) is 16.6. The summed E-state index contributed by atoms with van der Waals surface area (Å²) in [5, 5.41) is 0. The van der Waals surface area contributed by atoms with Crippen LogP contribution in [0, 0.1) is 0 Å².